The fourth-order valence-electron chi connectivity index (χ4n) is 4.59. The number of aliphatic hydroxyl groups is 1. The second kappa shape index (κ2) is 8.63. The van der Waals surface area contributed by atoms with E-state index >= 15 is 0 Å². The number of hydrogen-bond acceptors (Lipinski definition) is 7. The van der Waals surface area contributed by atoms with Gasteiger partial charge in [-0.05, 0) is 56.3 Å². The fraction of sp³-hybridized carbons (Fsp3) is 0.375. The van der Waals surface area contributed by atoms with E-state index < -0.39 is 17.7 Å². The summed E-state index contributed by atoms with van der Waals surface area (Å²) in [5.41, 5.74) is 0.989. The molecule has 0 bridgehead atoms. The van der Waals surface area contributed by atoms with Gasteiger partial charge in [0.25, 0.3) is 11.7 Å². The van der Waals surface area contributed by atoms with Crippen molar-refractivity contribution in [2.45, 2.75) is 25.3 Å². The fourth-order valence-corrected chi connectivity index (χ4v) is 4.59. The van der Waals surface area contributed by atoms with Gasteiger partial charge in [0.2, 0.25) is 6.79 Å². The third kappa shape index (κ3) is 3.71. The molecule has 2 fully saturated rings. The number of aliphatic hydroxyl groups excluding tert-OH is 1. The quantitative estimate of drug-likeness (QED) is 0.439. The SMILES string of the molecule is O=C1C(=O)N(CCN2CCCCC2)C(c2ccccn2)/C1=C(\O)c1ccc2c(c1)OCO2. The number of ketones is 1. The number of aromatic nitrogens is 1. The van der Waals surface area contributed by atoms with Crippen molar-refractivity contribution in [1.29, 1.82) is 0 Å². The minimum atomic E-state index is -0.744. The summed E-state index contributed by atoms with van der Waals surface area (Å²) in [6.45, 7) is 3.17. The Morgan fingerprint density at radius 2 is 1.84 bits per heavy atom. The summed E-state index contributed by atoms with van der Waals surface area (Å²) < 4.78 is 10.7. The van der Waals surface area contributed by atoms with Crippen LogP contribution in [0.15, 0.2) is 48.2 Å². The highest BCUT2D eigenvalue weighted by Crippen LogP contribution is 2.40. The Bertz CT molecular complexity index is 1060. The monoisotopic (exact) mass is 435 g/mol. The normalized spacial score (nSPS) is 22.5. The van der Waals surface area contributed by atoms with Crippen molar-refractivity contribution in [3.8, 4) is 11.5 Å². The van der Waals surface area contributed by atoms with Crippen molar-refractivity contribution < 1.29 is 24.2 Å². The molecule has 0 spiro atoms. The first-order valence-electron chi connectivity index (χ1n) is 11.0. The molecule has 1 unspecified atom stereocenters. The van der Waals surface area contributed by atoms with Gasteiger partial charge in [0.05, 0.1) is 11.3 Å². The van der Waals surface area contributed by atoms with Crippen LogP contribution in [-0.4, -0.2) is 64.6 Å². The lowest BCUT2D eigenvalue weighted by atomic mass is 9.98. The number of rotatable bonds is 5. The predicted octanol–water partition coefficient (Wildman–Crippen LogP) is 2.72. The maximum atomic E-state index is 13.1. The average Bonchev–Trinajstić information content (AvgIpc) is 3.40. The summed E-state index contributed by atoms with van der Waals surface area (Å²) in [4.78, 5) is 34.4. The molecule has 1 atom stereocenters. The smallest absolute Gasteiger partial charge is 0.295 e. The average molecular weight is 435 g/mol. The van der Waals surface area contributed by atoms with Gasteiger partial charge in [-0.1, -0.05) is 12.5 Å². The van der Waals surface area contributed by atoms with Gasteiger partial charge in [-0.2, -0.15) is 0 Å². The van der Waals surface area contributed by atoms with Crippen molar-refractivity contribution in [3.63, 3.8) is 0 Å². The first-order chi connectivity index (χ1) is 15.6. The van der Waals surface area contributed by atoms with E-state index in [0.29, 0.717) is 35.8 Å². The highest BCUT2D eigenvalue weighted by molar-refractivity contribution is 6.46. The molecule has 2 saturated heterocycles. The highest BCUT2D eigenvalue weighted by atomic mass is 16.7. The van der Waals surface area contributed by atoms with E-state index in [1.165, 1.54) is 11.3 Å². The summed E-state index contributed by atoms with van der Waals surface area (Å²) in [5, 5.41) is 11.2. The van der Waals surface area contributed by atoms with E-state index in [0.717, 1.165) is 25.9 Å². The predicted molar refractivity (Wildman–Crippen MR) is 116 cm³/mol. The number of nitrogens with zero attached hydrogens (tertiary/aromatic N) is 3. The van der Waals surface area contributed by atoms with Gasteiger partial charge in [0, 0.05) is 24.8 Å². The number of carbonyl (C=O) groups excluding carboxylic acids is 2. The van der Waals surface area contributed by atoms with Crippen LogP contribution in [0.1, 0.15) is 36.6 Å². The Balaban J connectivity index is 1.52. The summed E-state index contributed by atoms with van der Waals surface area (Å²) >= 11 is 0. The molecule has 3 aliphatic heterocycles. The second-order valence-corrected chi connectivity index (χ2v) is 8.22. The number of pyridine rings is 1. The first-order valence-corrected chi connectivity index (χ1v) is 11.0. The van der Waals surface area contributed by atoms with Gasteiger partial charge in [-0.25, -0.2) is 0 Å². The zero-order chi connectivity index (χ0) is 22.1. The van der Waals surface area contributed by atoms with E-state index in [-0.39, 0.29) is 18.1 Å². The number of carbonyl (C=O) groups is 2. The van der Waals surface area contributed by atoms with Crippen LogP contribution < -0.4 is 9.47 Å². The van der Waals surface area contributed by atoms with Crippen molar-refractivity contribution in [1.82, 2.24) is 14.8 Å². The molecule has 1 aromatic carbocycles. The Morgan fingerprint density at radius 1 is 1.03 bits per heavy atom. The van der Waals surface area contributed by atoms with E-state index in [9.17, 15) is 14.7 Å². The highest BCUT2D eigenvalue weighted by Gasteiger charge is 2.46. The molecule has 5 rings (SSSR count). The largest absolute Gasteiger partial charge is 0.507 e. The van der Waals surface area contributed by atoms with Gasteiger partial charge < -0.3 is 24.4 Å². The molecule has 8 heteroatoms. The van der Waals surface area contributed by atoms with Crippen molar-refractivity contribution >= 4 is 17.4 Å². The van der Waals surface area contributed by atoms with Crippen molar-refractivity contribution in [2.75, 3.05) is 33.0 Å². The molecule has 0 saturated carbocycles. The Labute approximate surface area is 186 Å². The molecule has 1 aromatic heterocycles. The molecule has 166 valence electrons. The Morgan fingerprint density at radius 3 is 2.62 bits per heavy atom. The van der Waals surface area contributed by atoms with Crippen molar-refractivity contribution in [3.05, 3.63) is 59.4 Å². The van der Waals surface area contributed by atoms with Gasteiger partial charge in [0.15, 0.2) is 11.5 Å². The third-order valence-electron chi connectivity index (χ3n) is 6.26. The van der Waals surface area contributed by atoms with Crippen LogP contribution in [-0.2, 0) is 9.59 Å². The zero-order valence-corrected chi connectivity index (χ0v) is 17.7. The number of Topliss-reactive ketones (excluding diaryl/α,β-unsaturated/α-hetero) is 1. The maximum absolute atomic E-state index is 13.1. The topological polar surface area (TPSA) is 92.2 Å². The van der Waals surface area contributed by atoms with Crippen molar-refractivity contribution in [2.24, 2.45) is 0 Å². The minimum Gasteiger partial charge on any atom is -0.507 e. The van der Waals surface area contributed by atoms with Gasteiger partial charge in [-0.15, -0.1) is 0 Å². The number of piperidine rings is 1. The molecule has 8 nitrogen and oxygen atoms in total. The van der Waals surface area contributed by atoms with Crippen LogP contribution >= 0.6 is 0 Å². The number of amides is 1. The molecule has 3 aliphatic rings. The maximum Gasteiger partial charge on any atom is 0.295 e. The zero-order valence-electron chi connectivity index (χ0n) is 17.7. The number of benzene rings is 1. The van der Waals surface area contributed by atoms with E-state index in [1.54, 1.807) is 36.5 Å². The van der Waals surface area contributed by atoms with E-state index in [2.05, 4.69) is 9.88 Å². The molecule has 2 aromatic rings. The molecule has 1 N–H and O–H groups in total. The summed E-state index contributed by atoms with van der Waals surface area (Å²) in [6, 6.07) is 9.58. The molecular formula is C24H25N3O5. The molecule has 0 radical (unpaired) electrons. The number of fused-ring (bicyclic) bond motifs is 1. The Kier molecular flexibility index (Phi) is 5.53. The molecule has 4 heterocycles. The van der Waals surface area contributed by atoms with Gasteiger partial charge in [-0.3, -0.25) is 14.6 Å². The minimum absolute atomic E-state index is 0.0474. The Hall–Kier alpha value is -3.39. The summed E-state index contributed by atoms with van der Waals surface area (Å²) in [6.07, 6.45) is 5.14. The standard InChI is InChI=1S/C24H25N3O5/c28-22(16-7-8-18-19(14-16)32-15-31-18)20-21(17-6-2-3-9-25-17)27(24(30)23(20)29)13-12-26-10-4-1-5-11-26/h2-3,6-9,14,21,28H,1,4-5,10-13,15H2/b22-20+. The van der Waals surface area contributed by atoms with Crippen LogP contribution in [0.25, 0.3) is 5.76 Å². The summed E-state index contributed by atoms with van der Waals surface area (Å²) in [5.74, 6) is -0.486. The van der Waals surface area contributed by atoms with Gasteiger partial charge in [0.1, 0.15) is 11.8 Å². The lowest BCUT2D eigenvalue weighted by molar-refractivity contribution is -0.140. The lowest BCUT2D eigenvalue weighted by Gasteiger charge is -2.30. The van der Waals surface area contributed by atoms with E-state index in [4.69, 9.17) is 9.47 Å². The molecule has 0 aliphatic carbocycles. The molecular weight excluding hydrogens is 410 g/mol. The van der Waals surface area contributed by atoms with Crippen LogP contribution in [0.3, 0.4) is 0 Å². The molecule has 1 amide bonds. The second-order valence-electron chi connectivity index (χ2n) is 8.22. The summed E-state index contributed by atoms with van der Waals surface area (Å²) in [7, 11) is 0. The van der Waals surface area contributed by atoms with Crippen LogP contribution in [0.4, 0.5) is 0 Å². The first kappa shape index (κ1) is 20.5. The lowest BCUT2D eigenvalue weighted by Crippen LogP contribution is -2.40. The van der Waals surface area contributed by atoms with E-state index in [1.807, 2.05) is 6.07 Å². The third-order valence-corrected chi connectivity index (χ3v) is 6.26. The van der Waals surface area contributed by atoms with Crippen LogP contribution in [0.5, 0.6) is 11.5 Å². The number of hydrogen-bond donors (Lipinski definition) is 1. The van der Waals surface area contributed by atoms with Crippen LogP contribution in [0.2, 0.25) is 0 Å². The number of likely N-dealkylation sites (tertiary alicyclic amines) is 2. The number of ether oxygens (including phenoxy) is 2. The molecule has 32 heavy (non-hydrogen) atoms. The van der Waals surface area contributed by atoms with Crippen LogP contribution in [0, 0.1) is 0 Å². The van der Waals surface area contributed by atoms with Gasteiger partial charge >= 0.3 is 0 Å².